The van der Waals surface area contributed by atoms with Crippen LogP contribution in [-0.2, 0) is 17.6 Å². The minimum Gasteiger partial charge on any atom is -0.491 e. The minimum atomic E-state index is -0.682. The van der Waals surface area contributed by atoms with Gasteiger partial charge in [-0.2, -0.15) is 0 Å². The second-order valence-electron chi connectivity index (χ2n) is 4.88. The second kappa shape index (κ2) is 4.78. The maximum Gasteiger partial charge on any atom is 0.306 e. The van der Waals surface area contributed by atoms with E-state index < -0.39 is 5.97 Å². The van der Waals surface area contributed by atoms with Crippen molar-refractivity contribution in [1.29, 1.82) is 0 Å². The fraction of sp³-hybridized carbons (Fsp3) is 0.500. The van der Waals surface area contributed by atoms with Crippen molar-refractivity contribution < 1.29 is 14.6 Å². The van der Waals surface area contributed by atoms with E-state index in [0.717, 1.165) is 24.2 Å². The SMILES string of the molecule is CC(C)Oc1ccc2c(c1)CCC(C(=O)O)C2. The van der Waals surface area contributed by atoms with Gasteiger partial charge in [-0.1, -0.05) is 6.07 Å². The Hall–Kier alpha value is -1.51. The molecule has 92 valence electrons. The topological polar surface area (TPSA) is 46.5 Å². The summed E-state index contributed by atoms with van der Waals surface area (Å²) in [6, 6.07) is 5.98. The van der Waals surface area contributed by atoms with Crippen LogP contribution in [0.4, 0.5) is 0 Å². The predicted octanol–water partition coefficient (Wildman–Crippen LogP) is 2.66. The van der Waals surface area contributed by atoms with E-state index in [1.54, 1.807) is 0 Å². The van der Waals surface area contributed by atoms with Gasteiger partial charge in [0, 0.05) is 0 Å². The number of rotatable bonds is 3. The van der Waals surface area contributed by atoms with E-state index in [1.807, 2.05) is 32.0 Å². The molecule has 17 heavy (non-hydrogen) atoms. The third-order valence-corrected chi connectivity index (χ3v) is 3.13. The predicted molar refractivity (Wildman–Crippen MR) is 65.4 cm³/mol. The number of hydrogen-bond donors (Lipinski definition) is 1. The first kappa shape index (κ1) is 12.0. The fourth-order valence-corrected chi connectivity index (χ4v) is 2.29. The Kier molecular flexibility index (Phi) is 3.36. The first-order chi connectivity index (χ1) is 8.06. The van der Waals surface area contributed by atoms with Crippen molar-refractivity contribution in [2.24, 2.45) is 5.92 Å². The maximum atomic E-state index is 11.0. The summed E-state index contributed by atoms with van der Waals surface area (Å²) >= 11 is 0. The first-order valence-corrected chi connectivity index (χ1v) is 6.07. The van der Waals surface area contributed by atoms with E-state index in [1.165, 1.54) is 5.56 Å². The molecule has 0 bridgehead atoms. The van der Waals surface area contributed by atoms with Crippen LogP contribution in [0, 0.1) is 5.92 Å². The lowest BCUT2D eigenvalue weighted by atomic mass is 9.84. The van der Waals surface area contributed by atoms with Crippen LogP contribution in [-0.4, -0.2) is 17.2 Å². The fourth-order valence-electron chi connectivity index (χ4n) is 2.29. The van der Waals surface area contributed by atoms with Gasteiger partial charge in [-0.05, 0) is 56.4 Å². The van der Waals surface area contributed by atoms with Gasteiger partial charge in [0.2, 0.25) is 0 Å². The van der Waals surface area contributed by atoms with E-state index >= 15 is 0 Å². The van der Waals surface area contributed by atoms with E-state index in [-0.39, 0.29) is 12.0 Å². The lowest BCUT2D eigenvalue weighted by Gasteiger charge is -2.22. The zero-order chi connectivity index (χ0) is 12.4. The molecule has 0 spiro atoms. The molecule has 1 aliphatic carbocycles. The summed E-state index contributed by atoms with van der Waals surface area (Å²) in [6.07, 6.45) is 2.38. The summed E-state index contributed by atoms with van der Waals surface area (Å²) in [4.78, 5) is 11.0. The van der Waals surface area contributed by atoms with Gasteiger partial charge >= 0.3 is 5.97 Å². The molecule has 0 aliphatic heterocycles. The summed E-state index contributed by atoms with van der Waals surface area (Å²) in [7, 11) is 0. The molecule has 0 saturated carbocycles. The molecule has 0 aromatic heterocycles. The Morgan fingerprint density at radius 2 is 2.18 bits per heavy atom. The van der Waals surface area contributed by atoms with Crippen molar-refractivity contribution >= 4 is 5.97 Å². The quantitative estimate of drug-likeness (QED) is 0.874. The molecule has 3 heteroatoms. The summed E-state index contributed by atoms with van der Waals surface area (Å²) < 4.78 is 5.64. The van der Waals surface area contributed by atoms with Crippen LogP contribution in [0.3, 0.4) is 0 Å². The molecule has 1 aliphatic rings. The van der Waals surface area contributed by atoms with Gasteiger partial charge in [-0.3, -0.25) is 4.79 Å². The Labute approximate surface area is 101 Å². The van der Waals surface area contributed by atoms with Crippen LogP contribution in [0.1, 0.15) is 31.4 Å². The number of carboxylic acids is 1. The molecule has 2 rings (SSSR count). The van der Waals surface area contributed by atoms with Gasteiger partial charge in [0.25, 0.3) is 0 Å². The summed E-state index contributed by atoms with van der Waals surface area (Å²) in [5.41, 5.74) is 2.39. The highest BCUT2D eigenvalue weighted by molar-refractivity contribution is 5.71. The molecular weight excluding hydrogens is 216 g/mol. The van der Waals surface area contributed by atoms with Crippen LogP contribution >= 0.6 is 0 Å². The van der Waals surface area contributed by atoms with Crippen LogP contribution < -0.4 is 4.74 Å². The smallest absolute Gasteiger partial charge is 0.306 e. The zero-order valence-electron chi connectivity index (χ0n) is 10.3. The number of ether oxygens (including phenoxy) is 1. The van der Waals surface area contributed by atoms with Gasteiger partial charge < -0.3 is 9.84 Å². The van der Waals surface area contributed by atoms with E-state index in [2.05, 4.69) is 0 Å². The molecule has 1 unspecified atom stereocenters. The van der Waals surface area contributed by atoms with Gasteiger partial charge in [0.1, 0.15) is 5.75 Å². The van der Waals surface area contributed by atoms with Crippen LogP contribution in [0.15, 0.2) is 18.2 Å². The van der Waals surface area contributed by atoms with Gasteiger partial charge in [0.05, 0.1) is 12.0 Å². The first-order valence-electron chi connectivity index (χ1n) is 6.07. The molecule has 1 atom stereocenters. The average Bonchev–Trinajstić information content (AvgIpc) is 2.27. The van der Waals surface area contributed by atoms with Crippen molar-refractivity contribution in [3.63, 3.8) is 0 Å². The van der Waals surface area contributed by atoms with E-state index in [9.17, 15) is 4.79 Å². The molecule has 0 radical (unpaired) electrons. The lowest BCUT2D eigenvalue weighted by molar-refractivity contribution is -0.142. The van der Waals surface area contributed by atoms with Crippen molar-refractivity contribution in [2.75, 3.05) is 0 Å². The third kappa shape index (κ3) is 2.78. The van der Waals surface area contributed by atoms with E-state index in [0.29, 0.717) is 6.42 Å². The van der Waals surface area contributed by atoms with Crippen molar-refractivity contribution in [3.05, 3.63) is 29.3 Å². The Morgan fingerprint density at radius 1 is 1.41 bits per heavy atom. The number of hydrogen-bond acceptors (Lipinski definition) is 2. The van der Waals surface area contributed by atoms with E-state index in [4.69, 9.17) is 9.84 Å². The maximum absolute atomic E-state index is 11.0. The summed E-state index contributed by atoms with van der Waals surface area (Å²) in [6.45, 7) is 4.00. The number of benzene rings is 1. The highest BCUT2D eigenvalue weighted by atomic mass is 16.5. The number of fused-ring (bicyclic) bond motifs is 1. The van der Waals surface area contributed by atoms with Gasteiger partial charge in [0.15, 0.2) is 0 Å². The number of carbonyl (C=O) groups is 1. The molecule has 0 saturated heterocycles. The van der Waals surface area contributed by atoms with Crippen molar-refractivity contribution in [3.8, 4) is 5.75 Å². The Morgan fingerprint density at radius 3 is 2.82 bits per heavy atom. The zero-order valence-corrected chi connectivity index (χ0v) is 10.3. The Balaban J connectivity index is 2.16. The van der Waals surface area contributed by atoms with Gasteiger partial charge in [-0.25, -0.2) is 0 Å². The summed E-state index contributed by atoms with van der Waals surface area (Å²) in [5.74, 6) is -0.0231. The highest BCUT2D eigenvalue weighted by Gasteiger charge is 2.24. The molecule has 3 nitrogen and oxygen atoms in total. The number of carboxylic acid groups (broad SMARTS) is 1. The summed E-state index contributed by atoms with van der Waals surface area (Å²) in [5, 5.41) is 9.01. The van der Waals surface area contributed by atoms with Crippen LogP contribution in [0.5, 0.6) is 5.75 Å². The molecule has 1 N–H and O–H groups in total. The van der Waals surface area contributed by atoms with Crippen LogP contribution in [0.25, 0.3) is 0 Å². The molecular formula is C14H18O3. The highest BCUT2D eigenvalue weighted by Crippen LogP contribution is 2.29. The Bertz CT molecular complexity index is 423. The van der Waals surface area contributed by atoms with Crippen molar-refractivity contribution in [1.82, 2.24) is 0 Å². The normalized spacial score (nSPS) is 18.9. The molecule has 0 heterocycles. The largest absolute Gasteiger partial charge is 0.491 e. The van der Waals surface area contributed by atoms with Crippen LogP contribution in [0.2, 0.25) is 0 Å². The molecule has 1 aromatic rings. The standard InChI is InChI=1S/C14H18O3/c1-9(2)17-13-6-5-10-7-12(14(15)16)4-3-11(10)8-13/h5-6,8-9,12H,3-4,7H2,1-2H3,(H,15,16). The molecule has 1 aromatic carbocycles. The monoisotopic (exact) mass is 234 g/mol. The molecule has 0 fully saturated rings. The third-order valence-electron chi connectivity index (χ3n) is 3.13. The average molecular weight is 234 g/mol. The van der Waals surface area contributed by atoms with Gasteiger partial charge in [-0.15, -0.1) is 0 Å². The van der Waals surface area contributed by atoms with Crippen molar-refractivity contribution in [2.45, 2.75) is 39.2 Å². The second-order valence-corrected chi connectivity index (χ2v) is 4.88. The minimum absolute atomic E-state index is 0.170. The number of aliphatic carboxylic acids is 1. The number of aryl methyl sites for hydroxylation is 1. The lowest BCUT2D eigenvalue weighted by Crippen LogP contribution is -2.22. The molecule has 0 amide bonds.